The average molecular weight is 514 g/mol. The Balaban J connectivity index is 1.14. The van der Waals surface area contributed by atoms with Crippen LogP contribution in [-0.4, -0.2) is 22.7 Å². The van der Waals surface area contributed by atoms with Gasteiger partial charge in [-0.3, -0.25) is 4.99 Å². The van der Waals surface area contributed by atoms with E-state index < -0.39 is 0 Å². The molecule has 0 saturated carbocycles. The fraction of sp³-hybridized carbons (Fsp3) is 0.200. The van der Waals surface area contributed by atoms with Crippen molar-refractivity contribution in [1.82, 2.24) is 4.98 Å². The van der Waals surface area contributed by atoms with Crippen LogP contribution in [0.3, 0.4) is 0 Å². The molecule has 0 aliphatic carbocycles. The van der Waals surface area contributed by atoms with E-state index in [1.807, 2.05) is 12.1 Å². The van der Waals surface area contributed by atoms with Gasteiger partial charge in [0.25, 0.3) is 0 Å². The van der Waals surface area contributed by atoms with Crippen LogP contribution in [0.15, 0.2) is 71.7 Å². The first-order valence-electron chi connectivity index (χ1n) is 10.7. The van der Waals surface area contributed by atoms with E-state index in [1.54, 1.807) is 23.1 Å². The molecule has 3 aromatic carbocycles. The molecule has 4 nitrogen and oxygen atoms in total. The molecule has 0 saturated heterocycles. The van der Waals surface area contributed by atoms with E-state index in [0.717, 1.165) is 39.2 Å². The number of rotatable bonds is 6. The highest BCUT2D eigenvalue weighted by Crippen LogP contribution is 2.40. The Hall–Kier alpha value is -2.25. The maximum atomic E-state index is 6.10. The summed E-state index contributed by atoms with van der Waals surface area (Å²) in [6.07, 6.45) is 0.903. The molecule has 2 N–H and O–H groups in total. The monoisotopic (exact) mass is 512 g/mol. The van der Waals surface area contributed by atoms with Crippen molar-refractivity contribution in [3.05, 3.63) is 87.9 Å². The molecule has 2 heterocycles. The van der Waals surface area contributed by atoms with Crippen molar-refractivity contribution < 1.29 is 0 Å². The summed E-state index contributed by atoms with van der Waals surface area (Å²) in [5, 5.41) is 10.2. The Morgan fingerprint density at radius 1 is 0.970 bits per heavy atom. The first-order valence-corrected chi connectivity index (χ1v) is 13.2. The van der Waals surface area contributed by atoms with Crippen LogP contribution in [0.25, 0.3) is 10.2 Å². The van der Waals surface area contributed by atoms with Gasteiger partial charge >= 0.3 is 0 Å². The van der Waals surface area contributed by atoms with Crippen molar-refractivity contribution in [3.63, 3.8) is 0 Å². The lowest BCUT2D eigenvalue weighted by molar-refractivity contribution is 0.740. The van der Waals surface area contributed by atoms with Gasteiger partial charge in [-0.25, -0.2) is 4.98 Å². The summed E-state index contributed by atoms with van der Waals surface area (Å²) in [7, 11) is 0. The Bertz CT molecular complexity index is 1250. The van der Waals surface area contributed by atoms with E-state index in [0.29, 0.717) is 15.3 Å². The standard InChI is InChI=1S/C25H22Cl2N4S2/c1-15-23(17-5-3-2-4-6-17)33-25(29-15)30-18-9-7-16(8-10-18)11-12-28-24-31-21-13-19(26)20(27)14-22(21)32-24/h2-10,13-15,23H,11-12H2,1H3,(H,28,31)(H,29,30)/t15-,23?/m0/s1. The summed E-state index contributed by atoms with van der Waals surface area (Å²) in [5.74, 6) is 0. The van der Waals surface area contributed by atoms with Crippen LogP contribution in [0.1, 0.15) is 23.3 Å². The van der Waals surface area contributed by atoms with Crippen LogP contribution < -0.4 is 10.6 Å². The number of nitrogens with one attached hydrogen (secondary N) is 2. The molecule has 4 aromatic rings. The molecular formula is C25H22Cl2N4S2. The number of thiazole rings is 1. The number of aliphatic imine (C=N–C) groups is 1. The number of nitrogens with zero attached hydrogens (tertiary/aromatic N) is 2. The summed E-state index contributed by atoms with van der Waals surface area (Å²) in [5.41, 5.74) is 4.50. The topological polar surface area (TPSA) is 49.3 Å². The van der Waals surface area contributed by atoms with E-state index in [4.69, 9.17) is 28.2 Å². The molecule has 1 aliphatic rings. The number of halogens is 2. The molecule has 8 heteroatoms. The van der Waals surface area contributed by atoms with Gasteiger partial charge in [-0.15, -0.1) is 0 Å². The normalized spacial score (nSPS) is 17.8. The predicted octanol–water partition coefficient (Wildman–Crippen LogP) is 7.90. The van der Waals surface area contributed by atoms with Gasteiger partial charge in [-0.1, -0.05) is 88.8 Å². The molecule has 0 bridgehead atoms. The minimum absolute atomic E-state index is 0.250. The Labute approximate surface area is 211 Å². The van der Waals surface area contributed by atoms with Gasteiger partial charge in [-0.2, -0.15) is 0 Å². The van der Waals surface area contributed by atoms with Gasteiger partial charge in [0, 0.05) is 12.2 Å². The third-order valence-corrected chi connectivity index (χ3v) is 8.50. The zero-order valence-corrected chi connectivity index (χ0v) is 21.0. The molecule has 2 atom stereocenters. The Kier molecular flexibility index (Phi) is 6.79. The number of benzene rings is 3. The number of fused-ring (bicyclic) bond motifs is 1. The largest absolute Gasteiger partial charge is 0.361 e. The number of anilines is 2. The second-order valence-electron chi connectivity index (χ2n) is 7.88. The first-order chi connectivity index (χ1) is 16.0. The van der Waals surface area contributed by atoms with Crippen LogP contribution in [0.4, 0.5) is 10.8 Å². The van der Waals surface area contributed by atoms with E-state index >= 15 is 0 Å². The summed E-state index contributed by atoms with van der Waals surface area (Å²) < 4.78 is 1.03. The lowest BCUT2D eigenvalue weighted by Gasteiger charge is -2.13. The number of hydrogen-bond donors (Lipinski definition) is 2. The van der Waals surface area contributed by atoms with Crippen LogP contribution in [0.5, 0.6) is 0 Å². The summed E-state index contributed by atoms with van der Waals surface area (Å²) in [6, 6.07) is 23.0. The second-order valence-corrected chi connectivity index (χ2v) is 10.9. The van der Waals surface area contributed by atoms with Crippen molar-refractivity contribution >= 4 is 72.5 Å². The SMILES string of the molecule is C[C@@H]1N=C(Nc2ccc(CCNc3nc4cc(Cl)c(Cl)cc4s3)cc2)SC1c1ccccc1. The van der Waals surface area contributed by atoms with E-state index in [9.17, 15) is 0 Å². The molecule has 1 unspecified atom stereocenters. The number of aromatic nitrogens is 1. The molecule has 0 fully saturated rings. The predicted molar refractivity (Wildman–Crippen MR) is 146 cm³/mol. The lowest BCUT2D eigenvalue weighted by atomic mass is 10.1. The molecule has 5 rings (SSSR count). The van der Waals surface area contributed by atoms with Gasteiger partial charge in [-0.05, 0) is 48.7 Å². The molecule has 0 amide bonds. The third kappa shape index (κ3) is 5.30. The van der Waals surface area contributed by atoms with Crippen LogP contribution in [0, 0.1) is 0 Å². The maximum Gasteiger partial charge on any atom is 0.183 e. The minimum Gasteiger partial charge on any atom is -0.361 e. The molecule has 33 heavy (non-hydrogen) atoms. The molecular weight excluding hydrogens is 491 g/mol. The van der Waals surface area contributed by atoms with E-state index in [1.165, 1.54) is 11.1 Å². The molecule has 168 valence electrons. The highest BCUT2D eigenvalue weighted by molar-refractivity contribution is 8.14. The maximum absolute atomic E-state index is 6.10. The molecule has 0 spiro atoms. The second kappa shape index (κ2) is 9.94. The smallest absolute Gasteiger partial charge is 0.183 e. The van der Waals surface area contributed by atoms with Gasteiger partial charge < -0.3 is 10.6 Å². The number of amidine groups is 1. The molecule has 1 aliphatic heterocycles. The van der Waals surface area contributed by atoms with Gasteiger partial charge in [0.1, 0.15) is 0 Å². The lowest BCUT2D eigenvalue weighted by Crippen LogP contribution is -2.06. The zero-order valence-electron chi connectivity index (χ0n) is 17.9. The van der Waals surface area contributed by atoms with Crippen LogP contribution in [-0.2, 0) is 6.42 Å². The fourth-order valence-corrected chi connectivity index (χ4v) is 6.24. The van der Waals surface area contributed by atoms with Crippen molar-refractivity contribution in [2.45, 2.75) is 24.6 Å². The van der Waals surface area contributed by atoms with Crippen molar-refractivity contribution in [2.75, 3.05) is 17.2 Å². The summed E-state index contributed by atoms with van der Waals surface area (Å²) in [6.45, 7) is 2.97. The van der Waals surface area contributed by atoms with E-state index in [2.05, 4.69) is 77.1 Å². The van der Waals surface area contributed by atoms with Crippen molar-refractivity contribution in [2.24, 2.45) is 4.99 Å². The number of thioether (sulfide) groups is 1. The minimum atomic E-state index is 0.250. The molecule has 0 radical (unpaired) electrons. The first kappa shape index (κ1) is 22.5. The quantitative estimate of drug-likeness (QED) is 0.275. The van der Waals surface area contributed by atoms with Crippen LogP contribution >= 0.6 is 46.3 Å². The third-order valence-electron chi connectivity index (χ3n) is 5.45. The highest BCUT2D eigenvalue weighted by Gasteiger charge is 2.28. The Morgan fingerprint density at radius 3 is 2.52 bits per heavy atom. The van der Waals surface area contributed by atoms with Crippen molar-refractivity contribution in [1.29, 1.82) is 0 Å². The van der Waals surface area contributed by atoms with Crippen LogP contribution in [0.2, 0.25) is 10.0 Å². The number of hydrogen-bond acceptors (Lipinski definition) is 6. The highest BCUT2D eigenvalue weighted by atomic mass is 35.5. The fourth-order valence-electron chi connectivity index (χ4n) is 3.74. The summed E-state index contributed by atoms with van der Waals surface area (Å²) in [4.78, 5) is 9.40. The van der Waals surface area contributed by atoms with Gasteiger partial charge in [0.15, 0.2) is 10.3 Å². The average Bonchev–Trinajstić information content (AvgIpc) is 3.38. The van der Waals surface area contributed by atoms with Crippen molar-refractivity contribution in [3.8, 4) is 0 Å². The Morgan fingerprint density at radius 2 is 1.73 bits per heavy atom. The summed E-state index contributed by atoms with van der Waals surface area (Å²) >= 11 is 15.6. The molecule has 1 aromatic heterocycles. The van der Waals surface area contributed by atoms with Gasteiger partial charge in [0.2, 0.25) is 0 Å². The van der Waals surface area contributed by atoms with Gasteiger partial charge in [0.05, 0.1) is 31.6 Å². The van der Waals surface area contributed by atoms with E-state index in [-0.39, 0.29) is 6.04 Å². The zero-order chi connectivity index (χ0) is 22.8.